The molecule has 3 rings (SSSR count). The van der Waals surface area contributed by atoms with Gasteiger partial charge in [0.15, 0.2) is 5.56 Å². The van der Waals surface area contributed by atoms with E-state index in [0.29, 0.717) is 16.9 Å². The van der Waals surface area contributed by atoms with Crippen LogP contribution in [0.5, 0.6) is 5.88 Å². The smallest absolute Gasteiger partial charge is 0.349 e. The quantitative estimate of drug-likeness (QED) is 0.719. The average Bonchev–Trinajstić information content (AvgIpc) is 2.85. The molecule has 3 aromatic rings. The van der Waals surface area contributed by atoms with Gasteiger partial charge in [-0.05, 0) is 26.3 Å². The first-order chi connectivity index (χ1) is 11.4. The zero-order valence-electron chi connectivity index (χ0n) is 13.6. The number of benzene rings is 1. The molecular weight excluding hydrogens is 310 g/mol. The highest BCUT2D eigenvalue weighted by Gasteiger charge is 2.23. The molecule has 2 N–H and O–H groups in total. The molecule has 24 heavy (non-hydrogen) atoms. The SMILES string of the molecule is CCOC(=O)c1c(O)[nH]c2c(-c3ccc(C)cc3)c(C)nn2c1=O. The van der Waals surface area contributed by atoms with Crippen molar-refractivity contribution in [2.75, 3.05) is 6.61 Å². The van der Waals surface area contributed by atoms with E-state index in [-0.39, 0.29) is 6.61 Å². The van der Waals surface area contributed by atoms with Gasteiger partial charge in [0.25, 0.3) is 5.56 Å². The summed E-state index contributed by atoms with van der Waals surface area (Å²) in [4.78, 5) is 27.1. The van der Waals surface area contributed by atoms with Gasteiger partial charge < -0.3 is 14.8 Å². The highest BCUT2D eigenvalue weighted by Crippen LogP contribution is 2.28. The van der Waals surface area contributed by atoms with E-state index in [1.165, 1.54) is 0 Å². The fourth-order valence-corrected chi connectivity index (χ4v) is 2.62. The maximum Gasteiger partial charge on any atom is 0.349 e. The topological polar surface area (TPSA) is 96.7 Å². The fourth-order valence-electron chi connectivity index (χ4n) is 2.62. The van der Waals surface area contributed by atoms with Crippen molar-refractivity contribution in [3.05, 3.63) is 51.4 Å². The van der Waals surface area contributed by atoms with E-state index in [1.54, 1.807) is 13.8 Å². The number of aromatic hydroxyl groups is 1. The van der Waals surface area contributed by atoms with Gasteiger partial charge in [0.2, 0.25) is 5.88 Å². The van der Waals surface area contributed by atoms with Crippen molar-refractivity contribution >= 4 is 11.6 Å². The number of ether oxygens (including phenoxy) is 1. The van der Waals surface area contributed by atoms with Crippen molar-refractivity contribution in [1.29, 1.82) is 0 Å². The normalized spacial score (nSPS) is 11.0. The average molecular weight is 327 g/mol. The number of carbonyl (C=O) groups is 1. The third-order valence-electron chi connectivity index (χ3n) is 3.76. The Bertz CT molecular complexity index is 984. The number of aromatic amines is 1. The number of aryl methyl sites for hydroxylation is 2. The van der Waals surface area contributed by atoms with Crippen molar-refractivity contribution in [3.63, 3.8) is 0 Å². The van der Waals surface area contributed by atoms with Gasteiger partial charge in [-0.1, -0.05) is 29.8 Å². The van der Waals surface area contributed by atoms with E-state index in [4.69, 9.17) is 4.74 Å². The van der Waals surface area contributed by atoms with Crippen LogP contribution in [0.1, 0.15) is 28.5 Å². The maximum atomic E-state index is 12.5. The molecule has 0 spiro atoms. The summed E-state index contributed by atoms with van der Waals surface area (Å²) in [6.45, 7) is 5.46. The van der Waals surface area contributed by atoms with Gasteiger partial charge >= 0.3 is 5.97 Å². The number of rotatable bonds is 3. The number of carbonyl (C=O) groups excluding carboxylic acids is 1. The Morgan fingerprint density at radius 1 is 1.29 bits per heavy atom. The first-order valence-corrected chi connectivity index (χ1v) is 7.52. The van der Waals surface area contributed by atoms with E-state index in [1.807, 2.05) is 31.2 Å². The Hall–Kier alpha value is -3.09. The van der Waals surface area contributed by atoms with Crippen molar-refractivity contribution in [3.8, 4) is 17.0 Å². The zero-order valence-corrected chi connectivity index (χ0v) is 13.6. The van der Waals surface area contributed by atoms with Gasteiger partial charge in [-0.3, -0.25) is 4.79 Å². The van der Waals surface area contributed by atoms with Crippen LogP contribution in [-0.2, 0) is 4.74 Å². The van der Waals surface area contributed by atoms with Crippen molar-refractivity contribution in [1.82, 2.24) is 14.6 Å². The molecule has 7 heteroatoms. The van der Waals surface area contributed by atoms with Gasteiger partial charge in [0, 0.05) is 5.56 Å². The molecule has 0 amide bonds. The summed E-state index contributed by atoms with van der Waals surface area (Å²) < 4.78 is 5.89. The summed E-state index contributed by atoms with van der Waals surface area (Å²) >= 11 is 0. The third kappa shape index (κ3) is 2.44. The number of fused-ring (bicyclic) bond motifs is 1. The number of nitrogens with one attached hydrogen (secondary N) is 1. The van der Waals surface area contributed by atoms with Crippen LogP contribution in [0.3, 0.4) is 0 Å². The lowest BCUT2D eigenvalue weighted by molar-refractivity contribution is 0.0519. The Morgan fingerprint density at radius 3 is 2.58 bits per heavy atom. The number of esters is 1. The van der Waals surface area contributed by atoms with Gasteiger partial charge in [0.05, 0.1) is 12.3 Å². The van der Waals surface area contributed by atoms with E-state index in [2.05, 4.69) is 10.1 Å². The lowest BCUT2D eigenvalue weighted by Crippen LogP contribution is -2.25. The van der Waals surface area contributed by atoms with Crippen LogP contribution in [0.2, 0.25) is 0 Å². The lowest BCUT2D eigenvalue weighted by atomic mass is 10.0. The predicted octanol–water partition coefficient (Wildman–Crippen LogP) is 2.19. The van der Waals surface area contributed by atoms with Crippen LogP contribution in [0, 0.1) is 13.8 Å². The minimum Gasteiger partial charge on any atom is -0.494 e. The number of aromatic nitrogens is 3. The molecule has 1 aromatic carbocycles. The number of hydrogen-bond donors (Lipinski definition) is 2. The largest absolute Gasteiger partial charge is 0.494 e. The van der Waals surface area contributed by atoms with Gasteiger partial charge in [-0.15, -0.1) is 0 Å². The maximum absolute atomic E-state index is 12.5. The zero-order chi connectivity index (χ0) is 17.4. The molecule has 0 radical (unpaired) electrons. The van der Waals surface area contributed by atoms with Crippen LogP contribution < -0.4 is 5.56 Å². The molecule has 0 aliphatic heterocycles. The second kappa shape index (κ2) is 5.84. The molecule has 124 valence electrons. The summed E-state index contributed by atoms with van der Waals surface area (Å²) in [6, 6.07) is 7.72. The summed E-state index contributed by atoms with van der Waals surface area (Å²) in [5.74, 6) is -1.41. The van der Waals surface area contributed by atoms with Crippen LogP contribution in [0.4, 0.5) is 0 Å². The second-order valence-corrected chi connectivity index (χ2v) is 5.46. The highest BCUT2D eigenvalue weighted by atomic mass is 16.5. The number of nitrogens with zero attached hydrogens (tertiary/aromatic N) is 2. The summed E-state index contributed by atoms with van der Waals surface area (Å²) in [5, 5.41) is 14.3. The van der Waals surface area contributed by atoms with Gasteiger partial charge in [0.1, 0.15) is 5.65 Å². The highest BCUT2D eigenvalue weighted by molar-refractivity contribution is 5.92. The predicted molar refractivity (Wildman–Crippen MR) is 88.3 cm³/mol. The lowest BCUT2D eigenvalue weighted by Gasteiger charge is -2.06. The molecule has 2 heterocycles. The van der Waals surface area contributed by atoms with E-state index >= 15 is 0 Å². The van der Waals surface area contributed by atoms with Gasteiger partial charge in [-0.25, -0.2) is 4.79 Å². The molecule has 0 aliphatic carbocycles. The molecule has 0 saturated carbocycles. The molecule has 7 nitrogen and oxygen atoms in total. The Morgan fingerprint density at radius 2 is 1.96 bits per heavy atom. The second-order valence-electron chi connectivity index (χ2n) is 5.46. The molecule has 0 atom stereocenters. The van der Waals surface area contributed by atoms with Crippen molar-refractivity contribution in [2.45, 2.75) is 20.8 Å². The first-order valence-electron chi connectivity index (χ1n) is 7.52. The van der Waals surface area contributed by atoms with Gasteiger partial charge in [-0.2, -0.15) is 9.61 Å². The minimum absolute atomic E-state index is 0.0997. The summed E-state index contributed by atoms with van der Waals surface area (Å²) in [5.41, 5.74) is 2.40. The van der Waals surface area contributed by atoms with E-state index in [9.17, 15) is 14.7 Å². The van der Waals surface area contributed by atoms with Crippen molar-refractivity contribution in [2.24, 2.45) is 0 Å². The molecule has 0 unspecified atom stereocenters. The fraction of sp³-hybridized carbons (Fsp3) is 0.235. The molecule has 0 fully saturated rings. The van der Waals surface area contributed by atoms with E-state index < -0.39 is 23.0 Å². The molecular formula is C17H17N3O4. The number of hydrogen-bond acceptors (Lipinski definition) is 5. The molecule has 2 aromatic heterocycles. The Kier molecular flexibility index (Phi) is 3.84. The molecule has 0 aliphatic rings. The summed E-state index contributed by atoms with van der Waals surface area (Å²) in [7, 11) is 0. The molecule has 0 bridgehead atoms. The van der Waals surface area contributed by atoms with Crippen LogP contribution in [-0.4, -0.2) is 32.3 Å². The van der Waals surface area contributed by atoms with Crippen LogP contribution >= 0.6 is 0 Å². The first kappa shape index (κ1) is 15.8. The minimum atomic E-state index is -0.886. The van der Waals surface area contributed by atoms with Crippen molar-refractivity contribution < 1.29 is 14.6 Å². The Balaban J connectivity index is 2.28. The van der Waals surface area contributed by atoms with E-state index in [0.717, 1.165) is 15.6 Å². The number of H-pyrrole nitrogens is 1. The summed E-state index contributed by atoms with van der Waals surface area (Å²) in [6.07, 6.45) is 0. The molecule has 0 saturated heterocycles. The third-order valence-corrected chi connectivity index (χ3v) is 3.76. The van der Waals surface area contributed by atoms with Crippen LogP contribution in [0.15, 0.2) is 29.1 Å². The monoisotopic (exact) mass is 327 g/mol. The standard InChI is InChI=1S/C17H17N3O4/c1-4-24-17(23)13-15(21)18-14-12(10(3)19-20(14)16(13)22)11-7-5-9(2)6-8-11/h5-8,18,21H,4H2,1-3H3. The van der Waals surface area contributed by atoms with Crippen LogP contribution in [0.25, 0.3) is 16.8 Å². The Labute approximate surface area is 137 Å².